The van der Waals surface area contributed by atoms with Crippen molar-refractivity contribution in [3.8, 4) is 11.5 Å². The first kappa shape index (κ1) is 21.7. The van der Waals surface area contributed by atoms with E-state index in [1.54, 1.807) is 12.1 Å². The minimum Gasteiger partial charge on any atom is -0.454 e. The maximum absolute atomic E-state index is 13.5. The van der Waals surface area contributed by atoms with Crippen molar-refractivity contribution < 1.29 is 22.6 Å². The van der Waals surface area contributed by atoms with Gasteiger partial charge in [0.2, 0.25) is 16.8 Å². The molecule has 3 aromatic carbocycles. The summed E-state index contributed by atoms with van der Waals surface area (Å²) in [5.41, 5.74) is 3.88. The molecule has 170 valence electrons. The summed E-state index contributed by atoms with van der Waals surface area (Å²) in [5.74, 6) is 1.37. The highest BCUT2D eigenvalue weighted by Crippen LogP contribution is 2.37. The molecule has 0 saturated carbocycles. The molecule has 2 heterocycles. The zero-order valence-electron chi connectivity index (χ0n) is 18.3. The lowest BCUT2D eigenvalue weighted by molar-refractivity contribution is 0.0961. The molecule has 0 N–H and O–H groups in total. The molecule has 2 aliphatic heterocycles. The Morgan fingerprint density at radius 1 is 0.970 bits per heavy atom. The maximum Gasteiger partial charge on any atom is 0.243 e. The first-order chi connectivity index (χ1) is 16.0. The molecular formula is C26H25NO5S. The number of ether oxygens (including phenoxy) is 3. The number of rotatable bonds is 7. The van der Waals surface area contributed by atoms with E-state index in [0.29, 0.717) is 18.1 Å². The van der Waals surface area contributed by atoms with E-state index in [1.807, 2.05) is 73.7 Å². The average molecular weight is 464 g/mol. The smallest absolute Gasteiger partial charge is 0.243 e. The van der Waals surface area contributed by atoms with E-state index in [4.69, 9.17) is 14.2 Å². The Bertz CT molecular complexity index is 1270. The summed E-state index contributed by atoms with van der Waals surface area (Å²) in [7, 11) is -3.71. The second-order valence-corrected chi connectivity index (χ2v) is 10.1. The topological polar surface area (TPSA) is 65.1 Å². The molecule has 0 unspecified atom stereocenters. The van der Waals surface area contributed by atoms with Gasteiger partial charge in [0.1, 0.15) is 0 Å². The molecule has 0 amide bonds. The zero-order chi connectivity index (χ0) is 22.8. The van der Waals surface area contributed by atoms with E-state index in [2.05, 4.69) is 0 Å². The van der Waals surface area contributed by atoms with Crippen molar-refractivity contribution in [2.24, 2.45) is 0 Å². The Labute approximate surface area is 194 Å². The van der Waals surface area contributed by atoms with Crippen molar-refractivity contribution in [2.45, 2.75) is 24.5 Å². The molecule has 33 heavy (non-hydrogen) atoms. The van der Waals surface area contributed by atoms with Crippen LogP contribution in [0.1, 0.15) is 16.7 Å². The summed E-state index contributed by atoms with van der Waals surface area (Å²) >= 11 is 0. The van der Waals surface area contributed by atoms with Crippen molar-refractivity contribution >= 4 is 15.6 Å². The van der Waals surface area contributed by atoms with Crippen LogP contribution >= 0.6 is 0 Å². The number of benzene rings is 3. The molecular weight excluding hydrogens is 438 g/mol. The number of hydrogen-bond acceptors (Lipinski definition) is 5. The minimum absolute atomic E-state index is 0.196. The molecule has 1 atom stereocenters. The lowest BCUT2D eigenvalue weighted by Gasteiger charge is -2.24. The minimum atomic E-state index is -3.71. The predicted octanol–water partition coefficient (Wildman–Crippen LogP) is 4.40. The number of hydrogen-bond donors (Lipinski definition) is 0. The van der Waals surface area contributed by atoms with Gasteiger partial charge in [0.05, 0.1) is 24.2 Å². The van der Waals surface area contributed by atoms with Crippen LogP contribution < -0.4 is 9.47 Å². The van der Waals surface area contributed by atoms with Gasteiger partial charge >= 0.3 is 0 Å². The van der Waals surface area contributed by atoms with E-state index in [1.165, 1.54) is 4.31 Å². The Kier molecular flexibility index (Phi) is 5.93. The molecule has 0 aliphatic carbocycles. The third-order valence-electron chi connectivity index (χ3n) is 5.86. The Morgan fingerprint density at radius 3 is 2.52 bits per heavy atom. The standard InChI is InChI=1S/C26H25NO5S/c1-19-7-10-24(11-8-19)33(28,29)27-15-22(21-9-12-25-26(14-21)32-18-31-25)13-23(27)17-30-16-20-5-3-2-4-6-20/h2-14,23H,15-18H2,1H3/t23-/m0/s1. The quantitative estimate of drug-likeness (QED) is 0.520. The van der Waals surface area contributed by atoms with E-state index < -0.39 is 16.1 Å². The predicted molar refractivity (Wildman–Crippen MR) is 125 cm³/mol. The number of fused-ring (bicyclic) bond motifs is 1. The van der Waals surface area contributed by atoms with Crippen LogP contribution in [0, 0.1) is 6.92 Å². The summed E-state index contributed by atoms with van der Waals surface area (Å²) in [6, 6.07) is 22.1. The Morgan fingerprint density at radius 2 is 1.73 bits per heavy atom. The molecule has 0 bridgehead atoms. The third-order valence-corrected chi connectivity index (χ3v) is 7.75. The lowest BCUT2D eigenvalue weighted by Crippen LogP contribution is -2.39. The number of sulfonamides is 1. The lowest BCUT2D eigenvalue weighted by atomic mass is 10.1. The van der Waals surface area contributed by atoms with E-state index >= 15 is 0 Å². The monoisotopic (exact) mass is 463 g/mol. The van der Waals surface area contributed by atoms with Crippen LogP contribution in [0.15, 0.2) is 83.8 Å². The molecule has 6 nitrogen and oxygen atoms in total. The Hall–Kier alpha value is -3.13. The Balaban J connectivity index is 1.41. The van der Waals surface area contributed by atoms with Crippen molar-refractivity contribution in [1.82, 2.24) is 4.31 Å². The molecule has 5 rings (SSSR count). The van der Waals surface area contributed by atoms with Gasteiger partial charge in [0.15, 0.2) is 11.5 Å². The van der Waals surface area contributed by atoms with Crippen molar-refractivity contribution in [1.29, 1.82) is 0 Å². The highest BCUT2D eigenvalue weighted by molar-refractivity contribution is 7.89. The molecule has 0 radical (unpaired) electrons. The fourth-order valence-corrected chi connectivity index (χ4v) is 5.59. The van der Waals surface area contributed by atoms with Gasteiger partial charge < -0.3 is 14.2 Å². The fourth-order valence-electron chi connectivity index (χ4n) is 4.05. The SMILES string of the molecule is Cc1ccc(S(=O)(=O)N2CC(c3ccc4c(c3)OCO4)=C[C@H]2COCc2ccccc2)cc1. The van der Waals surface area contributed by atoms with Gasteiger partial charge in [0, 0.05) is 6.54 Å². The molecule has 0 aromatic heterocycles. The third kappa shape index (κ3) is 4.53. The summed E-state index contributed by atoms with van der Waals surface area (Å²) in [6.07, 6.45) is 1.98. The van der Waals surface area contributed by atoms with Gasteiger partial charge in [0.25, 0.3) is 0 Å². The van der Waals surface area contributed by atoms with Crippen molar-refractivity contribution in [2.75, 3.05) is 19.9 Å². The van der Waals surface area contributed by atoms with Gasteiger partial charge in [-0.25, -0.2) is 8.42 Å². The molecule has 0 fully saturated rings. The summed E-state index contributed by atoms with van der Waals surface area (Å²) in [5, 5.41) is 0. The van der Waals surface area contributed by atoms with Crippen LogP contribution in [0.25, 0.3) is 5.57 Å². The van der Waals surface area contributed by atoms with Crippen LogP contribution in [0.3, 0.4) is 0 Å². The highest BCUT2D eigenvalue weighted by Gasteiger charge is 2.36. The first-order valence-electron chi connectivity index (χ1n) is 10.8. The molecule has 0 spiro atoms. The molecule has 2 aliphatic rings. The van der Waals surface area contributed by atoms with Gasteiger partial charge in [-0.1, -0.05) is 60.2 Å². The maximum atomic E-state index is 13.5. The van der Waals surface area contributed by atoms with Crippen LogP contribution in [-0.2, 0) is 21.4 Å². The summed E-state index contributed by atoms with van der Waals surface area (Å²) in [6.45, 7) is 3.07. The second-order valence-electron chi connectivity index (χ2n) is 8.19. The normalized spacial score (nSPS) is 17.8. The van der Waals surface area contributed by atoms with Crippen LogP contribution in [0.4, 0.5) is 0 Å². The fraction of sp³-hybridized carbons (Fsp3) is 0.231. The highest BCUT2D eigenvalue weighted by atomic mass is 32.2. The van der Waals surface area contributed by atoms with Crippen LogP contribution in [-0.4, -0.2) is 38.7 Å². The van der Waals surface area contributed by atoms with E-state index in [0.717, 1.165) is 22.3 Å². The largest absolute Gasteiger partial charge is 0.454 e. The van der Waals surface area contributed by atoms with Crippen LogP contribution in [0.2, 0.25) is 0 Å². The molecule has 0 saturated heterocycles. The average Bonchev–Trinajstić information content (AvgIpc) is 3.47. The van der Waals surface area contributed by atoms with E-state index in [-0.39, 0.29) is 24.8 Å². The summed E-state index contributed by atoms with van der Waals surface area (Å²) in [4.78, 5) is 0.279. The number of aryl methyl sites for hydroxylation is 1. The van der Waals surface area contributed by atoms with Gasteiger partial charge in [-0.05, 0) is 47.9 Å². The molecule has 7 heteroatoms. The van der Waals surface area contributed by atoms with Crippen LogP contribution in [0.5, 0.6) is 11.5 Å². The zero-order valence-corrected chi connectivity index (χ0v) is 19.1. The first-order valence-corrected chi connectivity index (χ1v) is 12.3. The summed E-state index contributed by atoms with van der Waals surface area (Å²) < 4.78 is 45.5. The van der Waals surface area contributed by atoms with Crippen molar-refractivity contribution in [3.63, 3.8) is 0 Å². The van der Waals surface area contributed by atoms with Gasteiger partial charge in [-0.15, -0.1) is 0 Å². The number of nitrogens with zero attached hydrogens (tertiary/aromatic N) is 1. The second kappa shape index (κ2) is 9.02. The van der Waals surface area contributed by atoms with Gasteiger partial charge in [-0.2, -0.15) is 4.31 Å². The molecule has 3 aromatic rings. The van der Waals surface area contributed by atoms with E-state index in [9.17, 15) is 8.42 Å². The van der Waals surface area contributed by atoms with Crippen molar-refractivity contribution in [3.05, 3.63) is 95.6 Å². The van der Waals surface area contributed by atoms with Gasteiger partial charge in [-0.3, -0.25) is 0 Å².